The Morgan fingerprint density at radius 1 is 1.19 bits per heavy atom. The standard InChI is InChI=1S/C24H29FN4O3/c1-17(2)26-24(31)28(13-14-32-3)16-23(30)29-22(18-9-5-4-6-10-18)15-21(27-29)19-11-7-8-12-20(19)25/h4-12,17,22H,13-16H2,1-3H3,(H,26,31)/t22-/m1/s1. The molecule has 0 fully saturated rings. The van der Waals surface area contributed by atoms with Crippen LogP contribution in [0.2, 0.25) is 0 Å². The molecule has 0 bridgehead atoms. The molecule has 0 aliphatic carbocycles. The van der Waals surface area contributed by atoms with E-state index in [0.29, 0.717) is 24.3 Å². The lowest BCUT2D eigenvalue weighted by Gasteiger charge is -2.27. The number of hydrogen-bond donors (Lipinski definition) is 1. The van der Waals surface area contributed by atoms with Crippen LogP contribution in [0.5, 0.6) is 0 Å². The molecule has 2 aromatic carbocycles. The molecule has 0 saturated heterocycles. The summed E-state index contributed by atoms with van der Waals surface area (Å²) in [4.78, 5) is 27.3. The quantitative estimate of drug-likeness (QED) is 0.682. The molecule has 1 atom stereocenters. The number of nitrogens with zero attached hydrogens (tertiary/aromatic N) is 3. The van der Waals surface area contributed by atoms with E-state index in [4.69, 9.17) is 4.74 Å². The molecule has 1 heterocycles. The molecule has 0 spiro atoms. The van der Waals surface area contributed by atoms with E-state index in [0.717, 1.165) is 5.56 Å². The van der Waals surface area contributed by atoms with Crippen molar-refractivity contribution in [1.82, 2.24) is 15.2 Å². The molecule has 1 aliphatic heterocycles. The van der Waals surface area contributed by atoms with Crippen LogP contribution in [0.25, 0.3) is 0 Å². The third-order valence-electron chi connectivity index (χ3n) is 5.13. The highest BCUT2D eigenvalue weighted by molar-refractivity contribution is 6.03. The van der Waals surface area contributed by atoms with Crippen LogP contribution in [0.15, 0.2) is 59.7 Å². The molecule has 7 nitrogen and oxygen atoms in total. The second-order valence-electron chi connectivity index (χ2n) is 7.91. The summed E-state index contributed by atoms with van der Waals surface area (Å²) in [5.41, 5.74) is 1.77. The van der Waals surface area contributed by atoms with Crippen molar-refractivity contribution in [3.05, 3.63) is 71.5 Å². The zero-order valence-corrected chi connectivity index (χ0v) is 18.6. The summed E-state index contributed by atoms with van der Waals surface area (Å²) in [5, 5.41) is 8.68. The fraction of sp³-hybridized carbons (Fsp3) is 0.375. The van der Waals surface area contributed by atoms with Crippen LogP contribution >= 0.6 is 0 Å². The summed E-state index contributed by atoms with van der Waals surface area (Å²) < 4.78 is 19.5. The number of carbonyl (C=O) groups is 2. The van der Waals surface area contributed by atoms with E-state index in [1.54, 1.807) is 18.2 Å². The van der Waals surface area contributed by atoms with E-state index in [1.807, 2.05) is 44.2 Å². The predicted molar refractivity (Wildman–Crippen MR) is 121 cm³/mol. The topological polar surface area (TPSA) is 74.2 Å². The van der Waals surface area contributed by atoms with Gasteiger partial charge in [-0.15, -0.1) is 0 Å². The van der Waals surface area contributed by atoms with Crippen molar-refractivity contribution in [1.29, 1.82) is 0 Å². The number of ether oxygens (including phenoxy) is 1. The second-order valence-corrected chi connectivity index (χ2v) is 7.91. The highest BCUT2D eigenvalue weighted by Crippen LogP contribution is 2.33. The Hall–Kier alpha value is -3.26. The fourth-order valence-electron chi connectivity index (χ4n) is 3.56. The van der Waals surface area contributed by atoms with Gasteiger partial charge >= 0.3 is 6.03 Å². The SMILES string of the molecule is COCCN(CC(=O)N1N=C(c2ccccc2F)C[C@@H]1c1ccccc1)C(=O)NC(C)C. The lowest BCUT2D eigenvalue weighted by atomic mass is 9.98. The molecule has 1 N–H and O–H groups in total. The van der Waals surface area contributed by atoms with Gasteiger partial charge in [-0.1, -0.05) is 48.5 Å². The zero-order valence-electron chi connectivity index (χ0n) is 18.6. The van der Waals surface area contributed by atoms with Gasteiger partial charge in [-0.25, -0.2) is 14.2 Å². The Labute approximate surface area is 187 Å². The van der Waals surface area contributed by atoms with Crippen LogP contribution in [0.1, 0.15) is 37.4 Å². The van der Waals surface area contributed by atoms with Crippen LogP contribution in [0.4, 0.5) is 9.18 Å². The molecule has 0 unspecified atom stereocenters. The first kappa shape index (κ1) is 23.4. The third kappa shape index (κ3) is 5.70. The molecule has 32 heavy (non-hydrogen) atoms. The van der Waals surface area contributed by atoms with E-state index in [-0.39, 0.29) is 42.9 Å². The smallest absolute Gasteiger partial charge is 0.318 e. The zero-order chi connectivity index (χ0) is 23.1. The van der Waals surface area contributed by atoms with Crippen molar-refractivity contribution in [3.63, 3.8) is 0 Å². The molecule has 3 rings (SSSR count). The Kier molecular flexibility index (Phi) is 7.94. The van der Waals surface area contributed by atoms with Crippen molar-refractivity contribution in [3.8, 4) is 0 Å². The average Bonchev–Trinajstić information content (AvgIpc) is 3.22. The monoisotopic (exact) mass is 440 g/mol. The summed E-state index contributed by atoms with van der Waals surface area (Å²) in [5.74, 6) is -0.731. The van der Waals surface area contributed by atoms with Gasteiger partial charge in [0.1, 0.15) is 12.4 Å². The lowest BCUT2D eigenvalue weighted by Crippen LogP contribution is -2.48. The molecule has 2 aromatic rings. The van der Waals surface area contributed by atoms with E-state index in [9.17, 15) is 14.0 Å². The largest absolute Gasteiger partial charge is 0.383 e. The van der Waals surface area contributed by atoms with E-state index in [1.165, 1.54) is 23.1 Å². The van der Waals surface area contributed by atoms with Gasteiger partial charge in [0.05, 0.1) is 18.4 Å². The van der Waals surface area contributed by atoms with Crippen LogP contribution in [0, 0.1) is 5.82 Å². The van der Waals surface area contributed by atoms with Crippen molar-refractivity contribution in [2.45, 2.75) is 32.4 Å². The molecule has 0 saturated carbocycles. The highest BCUT2D eigenvalue weighted by atomic mass is 19.1. The Balaban J connectivity index is 1.88. The highest BCUT2D eigenvalue weighted by Gasteiger charge is 2.35. The van der Waals surface area contributed by atoms with E-state index < -0.39 is 0 Å². The Morgan fingerprint density at radius 2 is 1.88 bits per heavy atom. The average molecular weight is 441 g/mol. The van der Waals surface area contributed by atoms with Crippen molar-refractivity contribution in [2.24, 2.45) is 5.10 Å². The number of nitrogens with one attached hydrogen (secondary N) is 1. The van der Waals surface area contributed by atoms with E-state index in [2.05, 4.69) is 10.4 Å². The number of rotatable bonds is 8. The molecule has 8 heteroatoms. The minimum atomic E-state index is -0.384. The lowest BCUT2D eigenvalue weighted by molar-refractivity contribution is -0.133. The minimum absolute atomic E-state index is 0.0721. The van der Waals surface area contributed by atoms with Gasteiger partial charge in [-0.3, -0.25) is 4.79 Å². The first-order valence-electron chi connectivity index (χ1n) is 10.6. The molecule has 0 radical (unpaired) electrons. The summed E-state index contributed by atoms with van der Waals surface area (Å²) in [7, 11) is 1.54. The predicted octanol–water partition coefficient (Wildman–Crippen LogP) is 3.57. The van der Waals surface area contributed by atoms with E-state index >= 15 is 0 Å². The van der Waals surface area contributed by atoms with Crippen LogP contribution < -0.4 is 5.32 Å². The third-order valence-corrected chi connectivity index (χ3v) is 5.13. The maximum atomic E-state index is 14.4. The molecule has 3 amide bonds. The number of hydrogen-bond acceptors (Lipinski definition) is 4. The fourth-order valence-corrected chi connectivity index (χ4v) is 3.56. The van der Waals surface area contributed by atoms with Crippen molar-refractivity contribution >= 4 is 17.6 Å². The van der Waals surface area contributed by atoms with Crippen LogP contribution in [0.3, 0.4) is 0 Å². The summed E-state index contributed by atoms with van der Waals surface area (Å²) in [6, 6.07) is 15.1. The number of urea groups is 1. The number of methoxy groups -OCH3 is 1. The summed E-state index contributed by atoms with van der Waals surface area (Å²) in [6.45, 7) is 4.09. The number of halogens is 1. The number of carbonyl (C=O) groups excluding carboxylic acids is 2. The Bertz CT molecular complexity index is 965. The second kappa shape index (κ2) is 10.9. The van der Waals surface area contributed by atoms with Gasteiger partial charge in [-0.2, -0.15) is 5.10 Å². The van der Waals surface area contributed by atoms with Gasteiger partial charge in [0.2, 0.25) is 0 Å². The van der Waals surface area contributed by atoms with Crippen molar-refractivity contribution < 1.29 is 18.7 Å². The van der Waals surface area contributed by atoms with Gasteiger partial charge in [-0.05, 0) is 25.5 Å². The normalized spacial score (nSPS) is 15.6. The first-order valence-corrected chi connectivity index (χ1v) is 10.6. The van der Waals surface area contributed by atoms with Gasteiger partial charge in [0, 0.05) is 31.7 Å². The number of hydrazone groups is 1. The minimum Gasteiger partial charge on any atom is -0.383 e. The van der Waals surface area contributed by atoms with Gasteiger partial charge in [0.25, 0.3) is 5.91 Å². The summed E-state index contributed by atoms with van der Waals surface area (Å²) >= 11 is 0. The maximum absolute atomic E-state index is 14.4. The Morgan fingerprint density at radius 3 is 2.53 bits per heavy atom. The van der Waals surface area contributed by atoms with Gasteiger partial charge < -0.3 is 15.0 Å². The summed E-state index contributed by atoms with van der Waals surface area (Å²) in [6.07, 6.45) is 0.382. The molecule has 0 aromatic heterocycles. The first-order chi connectivity index (χ1) is 15.4. The van der Waals surface area contributed by atoms with Crippen LogP contribution in [-0.2, 0) is 9.53 Å². The van der Waals surface area contributed by atoms with Crippen molar-refractivity contribution in [2.75, 3.05) is 26.8 Å². The van der Waals surface area contributed by atoms with Gasteiger partial charge in [0.15, 0.2) is 0 Å². The van der Waals surface area contributed by atoms with Crippen LogP contribution in [-0.4, -0.2) is 60.4 Å². The maximum Gasteiger partial charge on any atom is 0.318 e. The number of benzene rings is 2. The number of amides is 3. The molecular weight excluding hydrogens is 411 g/mol. The molecular formula is C24H29FN4O3. The molecule has 170 valence electrons. The molecule has 1 aliphatic rings.